The fourth-order valence-corrected chi connectivity index (χ4v) is 2.70. The number of likely N-dealkylation sites (tertiary alicyclic amines) is 1. The molecule has 1 heterocycles. The second kappa shape index (κ2) is 9.65. The van der Waals surface area contributed by atoms with Crippen LogP contribution in [-0.4, -0.2) is 48.3 Å². The summed E-state index contributed by atoms with van der Waals surface area (Å²) >= 11 is 0. The van der Waals surface area contributed by atoms with Gasteiger partial charge >= 0.3 is 0 Å². The molecule has 0 aromatic heterocycles. The summed E-state index contributed by atoms with van der Waals surface area (Å²) in [6.45, 7) is 5.40. The quantitative estimate of drug-likeness (QED) is 0.722. The minimum absolute atomic E-state index is 0.101. The number of rotatable bonds is 8. The van der Waals surface area contributed by atoms with Gasteiger partial charge in [0.1, 0.15) is 6.61 Å². The highest BCUT2D eigenvalue weighted by Gasteiger charge is 2.18. The molecule has 1 aliphatic rings. The molecule has 128 valence electrons. The second-order valence-electron chi connectivity index (χ2n) is 6.12. The molecule has 5 nitrogen and oxygen atoms in total. The zero-order chi connectivity index (χ0) is 16.5. The van der Waals surface area contributed by atoms with E-state index in [0.29, 0.717) is 6.61 Å². The maximum absolute atomic E-state index is 12.0. The molecule has 5 heteroatoms. The van der Waals surface area contributed by atoms with E-state index in [1.807, 2.05) is 24.3 Å². The fraction of sp³-hybridized carbons (Fsp3) is 0.611. The summed E-state index contributed by atoms with van der Waals surface area (Å²) in [5.74, 6) is -0.109. The maximum atomic E-state index is 12.0. The first-order valence-electron chi connectivity index (χ1n) is 8.55. The van der Waals surface area contributed by atoms with Crippen LogP contribution >= 0.6 is 0 Å². The summed E-state index contributed by atoms with van der Waals surface area (Å²) in [5, 5.41) is 12.5. The van der Waals surface area contributed by atoms with Crippen molar-refractivity contribution in [3.8, 4) is 0 Å². The lowest BCUT2D eigenvalue weighted by Crippen LogP contribution is -2.35. The van der Waals surface area contributed by atoms with Crippen LogP contribution in [0.5, 0.6) is 0 Å². The van der Waals surface area contributed by atoms with E-state index in [1.54, 1.807) is 0 Å². The Bertz CT molecular complexity index is 485. The Morgan fingerprint density at radius 1 is 1.35 bits per heavy atom. The van der Waals surface area contributed by atoms with Crippen LogP contribution in [0, 0.1) is 0 Å². The number of nitrogens with one attached hydrogen (secondary N) is 1. The number of benzene rings is 1. The maximum Gasteiger partial charge on any atom is 0.250 e. The van der Waals surface area contributed by atoms with Gasteiger partial charge < -0.3 is 15.2 Å². The zero-order valence-electron chi connectivity index (χ0n) is 14.0. The van der Waals surface area contributed by atoms with Gasteiger partial charge in [0.25, 0.3) is 0 Å². The number of hydrogen-bond donors (Lipinski definition) is 2. The number of aliphatic hydroxyl groups is 1. The number of unbranched alkanes of at least 4 members (excludes halogenated alkanes) is 1. The summed E-state index contributed by atoms with van der Waals surface area (Å²) in [6.07, 6.45) is 3.51. The average molecular weight is 320 g/mol. The number of amides is 1. The van der Waals surface area contributed by atoms with Crippen molar-refractivity contribution in [2.75, 3.05) is 31.6 Å². The number of hydrogen-bond acceptors (Lipinski definition) is 4. The van der Waals surface area contributed by atoms with Gasteiger partial charge in [-0.05, 0) is 30.9 Å². The van der Waals surface area contributed by atoms with Gasteiger partial charge in [-0.3, -0.25) is 9.69 Å². The lowest BCUT2D eigenvalue weighted by Gasteiger charge is -2.30. The van der Waals surface area contributed by atoms with Gasteiger partial charge in [0, 0.05) is 31.9 Å². The Morgan fingerprint density at radius 2 is 2.09 bits per heavy atom. The van der Waals surface area contributed by atoms with Crippen molar-refractivity contribution in [3.05, 3.63) is 29.8 Å². The van der Waals surface area contributed by atoms with Crippen LogP contribution in [-0.2, 0) is 16.1 Å². The highest BCUT2D eigenvalue weighted by Crippen LogP contribution is 2.20. The van der Waals surface area contributed by atoms with Crippen molar-refractivity contribution in [2.24, 2.45) is 0 Å². The topological polar surface area (TPSA) is 61.8 Å². The average Bonchev–Trinajstić information content (AvgIpc) is 2.55. The van der Waals surface area contributed by atoms with E-state index >= 15 is 0 Å². The lowest BCUT2D eigenvalue weighted by atomic mass is 10.1. The number of anilines is 1. The molecule has 2 N–H and O–H groups in total. The minimum atomic E-state index is -0.165. The van der Waals surface area contributed by atoms with Gasteiger partial charge in [0.15, 0.2) is 0 Å². The molecule has 1 saturated heterocycles. The third-order valence-electron chi connectivity index (χ3n) is 4.12. The predicted octanol–water partition coefficient (Wildman–Crippen LogP) is 2.40. The molecule has 0 spiro atoms. The summed E-state index contributed by atoms with van der Waals surface area (Å²) in [5.41, 5.74) is 1.95. The monoisotopic (exact) mass is 320 g/mol. The number of piperidine rings is 1. The molecule has 1 fully saturated rings. The Balaban J connectivity index is 1.85. The van der Waals surface area contributed by atoms with Crippen molar-refractivity contribution in [2.45, 2.75) is 45.3 Å². The number of carbonyl (C=O) groups excluding carboxylic acids is 1. The molecule has 0 unspecified atom stereocenters. The third kappa shape index (κ3) is 6.29. The Morgan fingerprint density at radius 3 is 2.83 bits per heavy atom. The van der Waals surface area contributed by atoms with Crippen LogP contribution in [0.25, 0.3) is 0 Å². The number of carbonyl (C=O) groups is 1. The predicted molar refractivity (Wildman–Crippen MR) is 91.3 cm³/mol. The fourth-order valence-electron chi connectivity index (χ4n) is 2.70. The van der Waals surface area contributed by atoms with Gasteiger partial charge in [-0.1, -0.05) is 31.5 Å². The van der Waals surface area contributed by atoms with Crippen LogP contribution in [0.1, 0.15) is 38.2 Å². The van der Waals surface area contributed by atoms with E-state index < -0.39 is 0 Å². The van der Waals surface area contributed by atoms with Gasteiger partial charge in [-0.15, -0.1) is 0 Å². The zero-order valence-corrected chi connectivity index (χ0v) is 14.0. The lowest BCUT2D eigenvalue weighted by molar-refractivity contribution is -0.120. The van der Waals surface area contributed by atoms with Gasteiger partial charge in [0.2, 0.25) is 5.91 Å². The smallest absolute Gasteiger partial charge is 0.250 e. The van der Waals surface area contributed by atoms with E-state index in [2.05, 4.69) is 17.1 Å². The van der Waals surface area contributed by atoms with E-state index in [0.717, 1.165) is 56.6 Å². The molecule has 0 saturated carbocycles. The van der Waals surface area contributed by atoms with Crippen LogP contribution in [0.3, 0.4) is 0 Å². The van der Waals surface area contributed by atoms with Gasteiger partial charge in [-0.25, -0.2) is 0 Å². The Kier molecular flexibility index (Phi) is 7.52. The van der Waals surface area contributed by atoms with E-state index in [4.69, 9.17) is 4.74 Å². The molecule has 0 atom stereocenters. The van der Waals surface area contributed by atoms with Crippen LogP contribution < -0.4 is 5.32 Å². The van der Waals surface area contributed by atoms with Crippen molar-refractivity contribution < 1.29 is 14.6 Å². The summed E-state index contributed by atoms with van der Waals surface area (Å²) in [6, 6.07) is 7.88. The molecule has 1 aromatic carbocycles. The number of aliphatic hydroxyl groups excluding tert-OH is 1. The summed E-state index contributed by atoms with van der Waals surface area (Å²) in [7, 11) is 0. The second-order valence-corrected chi connectivity index (χ2v) is 6.12. The number of para-hydroxylation sites is 1. The molecule has 2 rings (SSSR count). The first-order valence-corrected chi connectivity index (χ1v) is 8.55. The van der Waals surface area contributed by atoms with Crippen molar-refractivity contribution in [3.63, 3.8) is 0 Å². The Labute approximate surface area is 138 Å². The molecule has 0 radical (unpaired) electrons. The largest absolute Gasteiger partial charge is 0.393 e. The Hall–Kier alpha value is -1.43. The molecule has 0 bridgehead atoms. The van der Waals surface area contributed by atoms with E-state index in [9.17, 15) is 9.90 Å². The highest BCUT2D eigenvalue weighted by atomic mass is 16.5. The molecule has 1 aliphatic heterocycles. The summed E-state index contributed by atoms with van der Waals surface area (Å²) in [4.78, 5) is 14.3. The molecule has 1 aromatic rings. The molecular formula is C18H28N2O3. The molecule has 23 heavy (non-hydrogen) atoms. The number of nitrogens with zero attached hydrogens (tertiary/aromatic N) is 1. The van der Waals surface area contributed by atoms with E-state index in [-0.39, 0.29) is 18.6 Å². The van der Waals surface area contributed by atoms with Crippen LogP contribution in [0.15, 0.2) is 24.3 Å². The SMILES string of the molecule is CCCCOCC(=O)Nc1ccccc1CN1CCC(O)CC1. The van der Waals surface area contributed by atoms with Crippen LogP contribution in [0.4, 0.5) is 5.69 Å². The first-order chi connectivity index (χ1) is 11.2. The minimum Gasteiger partial charge on any atom is -0.393 e. The summed E-state index contributed by atoms with van der Waals surface area (Å²) < 4.78 is 5.36. The third-order valence-corrected chi connectivity index (χ3v) is 4.12. The standard InChI is InChI=1S/C18H28N2O3/c1-2-3-12-23-14-18(22)19-17-7-5-4-6-15(17)13-20-10-8-16(21)9-11-20/h4-7,16,21H,2-3,8-14H2,1H3,(H,19,22). The molecule has 1 amide bonds. The van der Waals surface area contributed by atoms with Gasteiger partial charge in [-0.2, -0.15) is 0 Å². The first kappa shape index (κ1) is 17.9. The molecule has 0 aliphatic carbocycles. The van der Waals surface area contributed by atoms with Crippen LogP contribution in [0.2, 0.25) is 0 Å². The highest BCUT2D eigenvalue weighted by molar-refractivity contribution is 5.92. The van der Waals surface area contributed by atoms with Crippen molar-refractivity contribution in [1.82, 2.24) is 4.90 Å². The normalized spacial score (nSPS) is 16.4. The van der Waals surface area contributed by atoms with Crippen molar-refractivity contribution in [1.29, 1.82) is 0 Å². The molecular weight excluding hydrogens is 292 g/mol. The van der Waals surface area contributed by atoms with Gasteiger partial charge in [0.05, 0.1) is 6.10 Å². The van der Waals surface area contributed by atoms with E-state index in [1.165, 1.54) is 0 Å². The number of ether oxygens (including phenoxy) is 1. The van der Waals surface area contributed by atoms with Crippen molar-refractivity contribution >= 4 is 11.6 Å².